The number of ether oxygens (including phenoxy) is 1. The number of methoxy groups -OCH3 is 1. The molecule has 4 rings (SSSR count). The molecule has 1 aromatic rings. The molecule has 0 unspecified atom stereocenters. The Balaban J connectivity index is 1.47. The minimum absolute atomic E-state index is 0.00813. The van der Waals surface area contributed by atoms with Crippen LogP contribution in [0.2, 0.25) is 0 Å². The van der Waals surface area contributed by atoms with Gasteiger partial charge in [0.15, 0.2) is 0 Å². The molecule has 2 saturated carbocycles. The fourth-order valence-electron chi connectivity index (χ4n) is 4.87. The van der Waals surface area contributed by atoms with Crippen molar-refractivity contribution in [3.63, 3.8) is 0 Å². The summed E-state index contributed by atoms with van der Waals surface area (Å²) < 4.78 is 32.4. The van der Waals surface area contributed by atoms with Crippen LogP contribution in [0.25, 0.3) is 0 Å². The van der Waals surface area contributed by atoms with Gasteiger partial charge in [-0.2, -0.15) is 0 Å². The van der Waals surface area contributed by atoms with Gasteiger partial charge in [-0.1, -0.05) is 31.4 Å². The van der Waals surface area contributed by atoms with E-state index in [0.717, 1.165) is 49.8 Å². The Morgan fingerprint density at radius 2 is 1.86 bits per heavy atom. The molecule has 1 heterocycles. The highest BCUT2D eigenvalue weighted by Gasteiger charge is 2.54. The van der Waals surface area contributed by atoms with Crippen molar-refractivity contribution in [2.45, 2.75) is 56.7 Å². The molecule has 154 valence electrons. The minimum Gasteiger partial charge on any atom is -0.497 e. The molecule has 1 spiro atoms. The number of amides is 1. The summed E-state index contributed by atoms with van der Waals surface area (Å²) in [7, 11) is -1.62. The van der Waals surface area contributed by atoms with Gasteiger partial charge in [-0.3, -0.25) is 4.79 Å². The molecular formula is C21H30N2O4S. The van der Waals surface area contributed by atoms with Crippen LogP contribution in [0.15, 0.2) is 24.3 Å². The first-order valence-electron chi connectivity index (χ1n) is 10.3. The van der Waals surface area contributed by atoms with E-state index in [1.165, 1.54) is 6.42 Å². The Bertz CT molecular complexity index is 811. The zero-order chi connectivity index (χ0) is 19.8. The molecule has 7 heteroatoms. The van der Waals surface area contributed by atoms with Crippen molar-refractivity contribution in [1.82, 2.24) is 9.62 Å². The number of hydrogen-bond donors (Lipinski definition) is 1. The third-order valence-electron chi connectivity index (χ3n) is 6.71. The molecule has 0 bridgehead atoms. The van der Waals surface area contributed by atoms with E-state index in [-0.39, 0.29) is 22.5 Å². The summed E-state index contributed by atoms with van der Waals surface area (Å²) in [5, 5.41) is 2.85. The molecule has 1 saturated heterocycles. The predicted octanol–water partition coefficient (Wildman–Crippen LogP) is 2.69. The maximum absolute atomic E-state index is 13.1. The van der Waals surface area contributed by atoms with Gasteiger partial charge in [-0.25, -0.2) is 12.7 Å². The maximum atomic E-state index is 13.1. The molecule has 1 atom stereocenters. The zero-order valence-corrected chi connectivity index (χ0v) is 17.3. The summed E-state index contributed by atoms with van der Waals surface area (Å²) in [6, 6.07) is 7.63. The van der Waals surface area contributed by atoms with Gasteiger partial charge in [-0.05, 0) is 48.8 Å². The molecule has 1 N–H and O–H groups in total. The molecule has 28 heavy (non-hydrogen) atoms. The van der Waals surface area contributed by atoms with Gasteiger partial charge in [0.1, 0.15) is 5.75 Å². The molecule has 0 radical (unpaired) electrons. The van der Waals surface area contributed by atoms with Gasteiger partial charge in [0, 0.05) is 19.6 Å². The quantitative estimate of drug-likeness (QED) is 0.788. The lowest BCUT2D eigenvalue weighted by Crippen LogP contribution is -2.42. The van der Waals surface area contributed by atoms with E-state index in [4.69, 9.17) is 4.74 Å². The Labute approximate surface area is 167 Å². The van der Waals surface area contributed by atoms with Crippen LogP contribution in [-0.4, -0.2) is 44.1 Å². The molecule has 1 amide bonds. The highest BCUT2D eigenvalue weighted by molar-refractivity contribution is 7.90. The van der Waals surface area contributed by atoms with Crippen LogP contribution in [0.1, 0.15) is 50.5 Å². The van der Waals surface area contributed by atoms with E-state index in [1.54, 1.807) is 11.4 Å². The van der Waals surface area contributed by atoms with Crippen molar-refractivity contribution in [2.75, 3.05) is 20.2 Å². The molecular weight excluding hydrogens is 376 g/mol. The number of carbonyl (C=O) groups is 1. The van der Waals surface area contributed by atoms with Crippen LogP contribution >= 0.6 is 0 Å². The molecule has 1 aromatic carbocycles. The van der Waals surface area contributed by atoms with Gasteiger partial charge in [-0.15, -0.1) is 0 Å². The van der Waals surface area contributed by atoms with Gasteiger partial charge in [0.05, 0.1) is 18.3 Å². The topological polar surface area (TPSA) is 75.7 Å². The lowest BCUT2D eigenvalue weighted by molar-refractivity contribution is -0.128. The average molecular weight is 407 g/mol. The van der Waals surface area contributed by atoms with Crippen molar-refractivity contribution in [3.8, 4) is 5.75 Å². The van der Waals surface area contributed by atoms with E-state index < -0.39 is 10.0 Å². The normalized spacial score (nSPS) is 25.0. The lowest BCUT2D eigenvalue weighted by Gasteiger charge is -2.37. The molecule has 3 aliphatic rings. The number of nitrogens with zero attached hydrogens (tertiary/aromatic N) is 1. The number of benzene rings is 1. The fourth-order valence-corrected chi connectivity index (χ4v) is 6.82. The van der Waals surface area contributed by atoms with Crippen LogP contribution in [0.4, 0.5) is 0 Å². The number of hydrogen-bond acceptors (Lipinski definition) is 4. The predicted molar refractivity (Wildman–Crippen MR) is 107 cm³/mol. The van der Waals surface area contributed by atoms with Gasteiger partial charge in [0.2, 0.25) is 15.9 Å². The molecule has 3 fully saturated rings. The Morgan fingerprint density at radius 1 is 1.18 bits per heavy atom. The number of carbonyl (C=O) groups excluding carboxylic acids is 1. The van der Waals surface area contributed by atoms with Crippen LogP contribution in [0.3, 0.4) is 0 Å². The monoisotopic (exact) mass is 406 g/mol. The van der Waals surface area contributed by atoms with Crippen LogP contribution in [0.5, 0.6) is 5.75 Å². The van der Waals surface area contributed by atoms with Crippen molar-refractivity contribution < 1.29 is 17.9 Å². The smallest absolute Gasteiger partial charge is 0.225 e. The second-order valence-electron chi connectivity index (χ2n) is 8.58. The summed E-state index contributed by atoms with van der Waals surface area (Å²) in [5.74, 6) is 0.527. The number of nitrogens with one attached hydrogen (secondary N) is 1. The first-order valence-corrected chi connectivity index (χ1v) is 11.8. The van der Waals surface area contributed by atoms with Crippen LogP contribution < -0.4 is 10.1 Å². The summed E-state index contributed by atoms with van der Waals surface area (Å²) in [4.78, 5) is 13.1. The van der Waals surface area contributed by atoms with E-state index in [9.17, 15) is 13.2 Å². The first kappa shape index (κ1) is 19.7. The largest absolute Gasteiger partial charge is 0.497 e. The molecule has 2 aliphatic carbocycles. The van der Waals surface area contributed by atoms with Crippen LogP contribution in [-0.2, 0) is 21.4 Å². The van der Waals surface area contributed by atoms with Crippen molar-refractivity contribution >= 4 is 15.9 Å². The van der Waals surface area contributed by atoms with Crippen molar-refractivity contribution in [2.24, 2.45) is 11.3 Å². The molecule has 0 aromatic heterocycles. The van der Waals surface area contributed by atoms with E-state index >= 15 is 0 Å². The Kier molecular flexibility index (Phi) is 5.40. The average Bonchev–Trinajstić information content (AvgIpc) is 3.51. The summed E-state index contributed by atoms with van der Waals surface area (Å²) in [6.45, 7) is 1.31. The third kappa shape index (κ3) is 3.79. The second kappa shape index (κ2) is 7.67. The summed E-state index contributed by atoms with van der Waals surface area (Å²) in [5.41, 5.74) is 0.816. The van der Waals surface area contributed by atoms with Crippen molar-refractivity contribution in [1.29, 1.82) is 0 Å². The summed E-state index contributed by atoms with van der Waals surface area (Å²) >= 11 is 0. The minimum atomic E-state index is -3.24. The SMILES string of the molecule is COc1ccc(CNC(=O)[C@H]2CN(S(=O)(=O)C3CC3)CC23CCCCC3)cc1. The van der Waals surface area contributed by atoms with Gasteiger partial charge >= 0.3 is 0 Å². The van der Waals surface area contributed by atoms with E-state index in [2.05, 4.69) is 5.32 Å². The third-order valence-corrected chi connectivity index (χ3v) is 9.03. The number of rotatable bonds is 6. The second-order valence-corrected chi connectivity index (χ2v) is 10.8. The first-order chi connectivity index (χ1) is 13.4. The fraction of sp³-hybridized carbons (Fsp3) is 0.667. The zero-order valence-electron chi connectivity index (χ0n) is 16.5. The Morgan fingerprint density at radius 3 is 2.46 bits per heavy atom. The summed E-state index contributed by atoms with van der Waals surface area (Å²) in [6.07, 6.45) is 6.77. The van der Waals surface area contributed by atoms with E-state index in [1.807, 2.05) is 24.3 Å². The Hall–Kier alpha value is -1.60. The number of sulfonamides is 1. The lowest BCUT2D eigenvalue weighted by atomic mass is 9.67. The van der Waals surface area contributed by atoms with Crippen molar-refractivity contribution in [3.05, 3.63) is 29.8 Å². The van der Waals surface area contributed by atoms with Crippen LogP contribution in [0, 0.1) is 11.3 Å². The maximum Gasteiger partial charge on any atom is 0.225 e. The van der Waals surface area contributed by atoms with Gasteiger partial charge < -0.3 is 10.1 Å². The standard InChI is InChI=1S/C21H30N2O4S/c1-27-17-7-5-16(6-8-17)13-22-20(24)19-14-23(28(25,26)18-9-10-18)15-21(19)11-3-2-4-12-21/h5-8,18-19H,2-4,9-15H2,1H3,(H,22,24)/t19-/m1/s1. The van der Waals surface area contributed by atoms with Gasteiger partial charge in [0.25, 0.3) is 0 Å². The van der Waals surface area contributed by atoms with E-state index in [0.29, 0.717) is 19.6 Å². The molecule has 1 aliphatic heterocycles. The highest BCUT2D eigenvalue weighted by atomic mass is 32.2. The highest BCUT2D eigenvalue weighted by Crippen LogP contribution is 2.49. The molecule has 6 nitrogen and oxygen atoms in total.